The third-order valence-electron chi connectivity index (χ3n) is 2.51. The number of carbonyl (C=O) groups excluding carboxylic acids is 1. The van der Waals surface area contributed by atoms with Crippen molar-refractivity contribution in [1.29, 1.82) is 0 Å². The first-order valence-corrected chi connectivity index (χ1v) is 6.46. The molecule has 2 rings (SSSR count). The number of nitrogens with one attached hydrogen (secondary N) is 1. The number of nitrogens with zero attached hydrogens (tertiary/aromatic N) is 1. The minimum absolute atomic E-state index is 0.0560. The summed E-state index contributed by atoms with van der Waals surface area (Å²) in [5.74, 6) is -1.09. The van der Waals surface area contributed by atoms with Crippen LogP contribution in [-0.4, -0.2) is 10.9 Å². The Bertz CT molecular complexity index is 674. The third-order valence-corrected chi connectivity index (χ3v) is 3.34. The van der Waals surface area contributed by atoms with E-state index in [0.29, 0.717) is 23.5 Å². The molecule has 1 N–H and O–H groups in total. The second-order valence-electron chi connectivity index (χ2n) is 4.06. The Morgan fingerprint density at radius 3 is 2.09 bits per heavy atom. The van der Waals surface area contributed by atoms with E-state index in [2.05, 4.69) is 10.3 Å². The number of benzene rings is 1. The van der Waals surface area contributed by atoms with Crippen LogP contribution in [0.15, 0.2) is 29.8 Å². The number of hydrogen-bond acceptors (Lipinski definition) is 3. The van der Waals surface area contributed by atoms with Gasteiger partial charge in [-0.25, -0.2) is 4.98 Å². The van der Waals surface area contributed by atoms with Crippen molar-refractivity contribution in [3.8, 4) is 0 Å². The van der Waals surface area contributed by atoms with Crippen molar-refractivity contribution in [2.75, 3.05) is 5.32 Å². The molecule has 2 aromatic rings. The normalized spacial score (nSPS) is 12.3. The molecule has 22 heavy (non-hydrogen) atoms. The molecule has 0 unspecified atom stereocenters. The monoisotopic (exact) mass is 340 g/mol. The van der Waals surface area contributed by atoms with Crippen LogP contribution in [0, 0.1) is 0 Å². The van der Waals surface area contributed by atoms with E-state index in [-0.39, 0.29) is 5.69 Å². The quantitative estimate of drug-likeness (QED) is 0.822. The fraction of sp³-hybridized carbons (Fsp3) is 0.167. The number of thiazole rings is 1. The van der Waals surface area contributed by atoms with E-state index < -0.39 is 34.4 Å². The number of alkyl halides is 6. The number of aromatic nitrogens is 1. The SMILES string of the molecule is O=C(Nc1ccc(C(F)(F)F)cc1)c1scnc1C(F)(F)F. The zero-order chi connectivity index (χ0) is 16.5. The van der Waals surface area contributed by atoms with E-state index in [9.17, 15) is 31.1 Å². The van der Waals surface area contributed by atoms with Crippen molar-refractivity contribution in [3.05, 3.63) is 45.9 Å². The van der Waals surface area contributed by atoms with Crippen molar-refractivity contribution in [2.24, 2.45) is 0 Å². The predicted molar refractivity (Wildman–Crippen MR) is 66.5 cm³/mol. The van der Waals surface area contributed by atoms with Gasteiger partial charge in [0, 0.05) is 5.69 Å². The number of anilines is 1. The van der Waals surface area contributed by atoms with Crippen LogP contribution in [0.25, 0.3) is 0 Å². The van der Waals surface area contributed by atoms with E-state index in [4.69, 9.17) is 0 Å². The topological polar surface area (TPSA) is 42.0 Å². The van der Waals surface area contributed by atoms with Gasteiger partial charge in [0.05, 0.1) is 11.1 Å². The maximum atomic E-state index is 12.6. The lowest BCUT2D eigenvalue weighted by Crippen LogP contribution is -2.17. The Kier molecular flexibility index (Phi) is 4.14. The highest BCUT2D eigenvalue weighted by Gasteiger charge is 2.38. The smallest absolute Gasteiger partial charge is 0.321 e. The molecule has 1 aromatic heterocycles. The number of halogens is 6. The molecule has 0 aliphatic heterocycles. The molecule has 1 aromatic carbocycles. The number of rotatable bonds is 2. The van der Waals surface area contributed by atoms with Gasteiger partial charge in [0.15, 0.2) is 5.69 Å². The highest BCUT2D eigenvalue weighted by Crippen LogP contribution is 2.33. The van der Waals surface area contributed by atoms with Crippen LogP contribution < -0.4 is 5.32 Å². The summed E-state index contributed by atoms with van der Waals surface area (Å²) in [5, 5.41) is 2.10. The Morgan fingerprint density at radius 1 is 1.00 bits per heavy atom. The van der Waals surface area contributed by atoms with Gasteiger partial charge in [-0.2, -0.15) is 26.3 Å². The van der Waals surface area contributed by atoms with Crippen molar-refractivity contribution in [1.82, 2.24) is 4.98 Å². The maximum Gasteiger partial charge on any atom is 0.434 e. The van der Waals surface area contributed by atoms with Crippen molar-refractivity contribution < 1.29 is 31.1 Å². The van der Waals surface area contributed by atoms with E-state index in [1.807, 2.05) is 0 Å². The van der Waals surface area contributed by atoms with Gasteiger partial charge < -0.3 is 5.32 Å². The van der Waals surface area contributed by atoms with Crippen molar-refractivity contribution >= 4 is 22.9 Å². The van der Waals surface area contributed by atoms with Gasteiger partial charge >= 0.3 is 12.4 Å². The van der Waals surface area contributed by atoms with E-state index in [1.54, 1.807) is 0 Å². The summed E-state index contributed by atoms with van der Waals surface area (Å²) in [6.45, 7) is 0. The third kappa shape index (κ3) is 3.56. The van der Waals surface area contributed by atoms with Gasteiger partial charge in [0.2, 0.25) is 0 Å². The number of carbonyl (C=O) groups is 1. The minimum Gasteiger partial charge on any atom is -0.321 e. The Balaban J connectivity index is 2.18. The molecule has 0 fully saturated rings. The standard InChI is InChI=1S/C12H6F6N2OS/c13-11(14,15)6-1-3-7(4-2-6)20-10(21)8-9(12(16,17)18)19-5-22-8/h1-5H,(H,20,21). The van der Waals surface area contributed by atoms with Crippen LogP contribution in [0.1, 0.15) is 20.9 Å². The van der Waals surface area contributed by atoms with Crippen LogP contribution in [0.4, 0.5) is 32.0 Å². The second kappa shape index (κ2) is 5.59. The first-order chi connectivity index (χ1) is 10.1. The summed E-state index contributed by atoms with van der Waals surface area (Å²) in [4.78, 5) is 14.2. The van der Waals surface area contributed by atoms with E-state index in [0.717, 1.165) is 17.6 Å². The lowest BCUT2D eigenvalue weighted by molar-refractivity contribution is -0.141. The Labute approximate surface area is 123 Å². The summed E-state index contributed by atoms with van der Waals surface area (Å²) in [5.41, 5.74) is -1.45. The minimum atomic E-state index is -4.78. The van der Waals surface area contributed by atoms with Crippen LogP contribution >= 0.6 is 11.3 Å². The molecule has 1 amide bonds. The summed E-state index contributed by atoms with van der Waals surface area (Å²) in [6, 6.07) is 3.34. The van der Waals surface area contributed by atoms with Crippen molar-refractivity contribution in [3.63, 3.8) is 0 Å². The zero-order valence-corrected chi connectivity index (χ0v) is 11.2. The average Bonchev–Trinajstić information content (AvgIpc) is 2.87. The first kappa shape index (κ1) is 16.3. The summed E-state index contributed by atoms with van der Waals surface area (Å²) >= 11 is 0.488. The highest BCUT2D eigenvalue weighted by molar-refractivity contribution is 7.12. The molecule has 1 heterocycles. The molecule has 0 bridgehead atoms. The molecular weight excluding hydrogens is 334 g/mol. The molecule has 0 spiro atoms. The van der Waals surface area contributed by atoms with Crippen LogP contribution in [-0.2, 0) is 12.4 Å². The fourth-order valence-electron chi connectivity index (χ4n) is 1.54. The molecule has 0 saturated heterocycles. The van der Waals surface area contributed by atoms with E-state index in [1.165, 1.54) is 0 Å². The molecule has 118 valence electrons. The van der Waals surface area contributed by atoms with Gasteiger partial charge in [0.25, 0.3) is 5.91 Å². The van der Waals surface area contributed by atoms with Gasteiger partial charge in [-0.05, 0) is 24.3 Å². The summed E-state index contributed by atoms with van der Waals surface area (Å²) in [7, 11) is 0. The molecule has 0 aliphatic carbocycles. The lowest BCUT2D eigenvalue weighted by Gasteiger charge is -2.09. The molecule has 3 nitrogen and oxygen atoms in total. The fourth-order valence-corrected chi connectivity index (χ4v) is 2.24. The first-order valence-electron chi connectivity index (χ1n) is 5.58. The average molecular weight is 340 g/mol. The van der Waals surface area contributed by atoms with Crippen molar-refractivity contribution in [2.45, 2.75) is 12.4 Å². The lowest BCUT2D eigenvalue weighted by atomic mass is 10.2. The molecule has 10 heteroatoms. The Hall–Kier alpha value is -2.10. The second-order valence-corrected chi connectivity index (χ2v) is 4.91. The van der Waals surface area contributed by atoms with Gasteiger partial charge in [-0.15, -0.1) is 11.3 Å². The zero-order valence-electron chi connectivity index (χ0n) is 10.4. The van der Waals surface area contributed by atoms with Crippen LogP contribution in [0.5, 0.6) is 0 Å². The number of hydrogen-bond donors (Lipinski definition) is 1. The van der Waals surface area contributed by atoms with Gasteiger partial charge in [-0.1, -0.05) is 0 Å². The van der Waals surface area contributed by atoms with Crippen LogP contribution in [0.2, 0.25) is 0 Å². The molecule has 0 radical (unpaired) electrons. The highest BCUT2D eigenvalue weighted by atomic mass is 32.1. The van der Waals surface area contributed by atoms with Gasteiger partial charge in [0.1, 0.15) is 4.88 Å². The molecular formula is C12H6F6N2OS. The van der Waals surface area contributed by atoms with Gasteiger partial charge in [-0.3, -0.25) is 4.79 Å². The van der Waals surface area contributed by atoms with E-state index >= 15 is 0 Å². The summed E-state index contributed by atoms with van der Waals surface area (Å²) < 4.78 is 74.9. The molecule has 0 atom stereocenters. The predicted octanol–water partition coefficient (Wildman–Crippen LogP) is 4.43. The summed E-state index contributed by atoms with van der Waals surface area (Å²) in [6.07, 6.45) is -9.32. The maximum absolute atomic E-state index is 12.6. The molecule has 0 saturated carbocycles. The largest absolute Gasteiger partial charge is 0.434 e. The Morgan fingerprint density at radius 2 is 1.59 bits per heavy atom. The number of amides is 1. The molecule has 0 aliphatic rings. The van der Waals surface area contributed by atoms with Crippen LogP contribution in [0.3, 0.4) is 0 Å².